The van der Waals surface area contributed by atoms with Crippen LogP contribution in [0, 0.1) is 6.54 Å². The first-order valence-electron chi connectivity index (χ1n) is 6.73. The quantitative estimate of drug-likeness (QED) is 0.813. The standard InChI is InChI=1S/C15H21N2O/c1-2-3-9-16-10-12-17(13-11-16)15(18)14-7-5-4-6-8-14/h4-9H,2-3,10-13H2,1H3. The first kappa shape index (κ1) is 13.1. The second-order valence-electron chi connectivity index (χ2n) is 4.67. The molecular weight excluding hydrogens is 224 g/mol. The van der Waals surface area contributed by atoms with Crippen molar-refractivity contribution in [3.05, 3.63) is 42.4 Å². The molecule has 0 N–H and O–H groups in total. The number of benzene rings is 1. The van der Waals surface area contributed by atoms with Crippen LogP contribution in [-0.4, -0.2) is 41.9 Å². The average molecular weight is 245 g/mol. The van der Waals surface area contributed by atoms with Crippen LogP contribution in [-0.2, 0) is 0 Å². The highest BCUT2D eigenvalue weighted by Crippen LogP contribution is 2.10. The van der Waals surface area contributed by atoms with Crippen molar-refractivity contribution in [2.24, 2.45) is 0 Å². The van der Waals surface area contributed by atoms with Gasteiger partial charge in [0.2, 0.25) is 0 Å². The Morgan fingerprint density at radius 2 is 1.83 bits per heavy atom. The Bertz CT molecular complexity index is 369. The molecule has 0 aromatic heterocycles. The summed E-state index contributed by atoms with van der Waals surface area (Å²) >= 11 is 0. The Labute approximate surface area is 109 Å². The number of piperazine rings is 1. The molecule has 2 rings (SSSR count). The lowest BCUT2D eigenvalue weighted by Crippen LogP contribution is -2.47. The molecule has 1 aromatic rings. The van der Waals surface area contributed by atoms with Gasteiger partial charge in [0, 0.05) is 38.3 Å². The molecule has 0 unspecified atom stereocenters. The molecule has 0 atom stereocenters. The zero-order valence-corrected chi connectivity index (χ0v) is 11.0. The van der Waals surface area contributed by atoms with Crippen molar-refractivity contribution in [1.29, 1.82) is 0 Å². The summed E-state index contributed by atoms with van der Waals surface area (Å²) in [4.78, 5) is 16.5. The van der Waals surface area contributed by atoms with Crippen LogP contribution in [0.5, 0.6) is 0 Å². The van der Waals surface area contributed by atoms with E-state index in [1.54, 1.807) is 0 Å². The van der Waals surface area contributed by atoms with E-state index < -0.39 is 0 Å². The zero-order valence-electron chi connectivity index (χ0n) is 11.0. The van der Waals surface area contributed by atoms with Gasteiger partial charge in [0.15, 0.2) is 0 Å². The third-order valence-electron chi connectivity index (χ3n) is 3.30. The lowest BCUT2D eigenvalue weighted by molar-refractivity contribution is 0.0663. The number of nitrogens with zero attached hydrogens (tertiary/aromatic N) is 2. The fourth-order valence-corrected chi connectivity index (χ4v) is 2.18. The second kappa shape index (κ2) is 6.55. The van der Waals surface area contributed by atoms with Crippen molar-refractivity contribution in [2.45, 2.75) is 19.8 Å². The average Bonchev–Trinajstić information content (AvgIpc) is 2.46. The van der Waals surface area contributed by atoms with E-state index in [0.29, 0.717) is 0 Å². The summed E-state index contributed by atoms with van der Waals surface area (Å²) in [7, 11) is 0. The molecule has 1 heterocycles. The lowest BCUT2D eigenvalue weighted by Gasteiger charge is -2.34. The highest BCUT2D eigenvalue weighted by Gasteiger charge is 2.21. The first-order valence-corrected chi connectivity index (χ1v) is 6.73. The van der Waals surface area contributed by atoms with Crippen molar-refractivity contribution in [3.8, 4) is 0 Å². The van der Waals surface area contributed by atoms with Crippen LogP contribution in [0.15, 0.2) is 30.3 Å². The van der Waals surface area contributed by atoms with Crippen LogP contribution in [0.1, 0.15) is 30.1 Å². The van der Waals surface area contributed by atoms with Crippen LogP contribution >= 0.6 is 0 Å². The number of hydrogen-bond acceptors (Lipinski definition) is 2. The van der Waals surface area contributed by atoms with Gasteiger partial charge in [-0.1, -0.05) is 31.5 Å². The molecule has 3 heteroatoms. The van der Waals surface area contributed by atoms with Gasteiger partial charge in [-0.05, 0) is 18.6 Å². The van der Waals surface area contributed by atoms with Gasteiger partial charge in [0.05, 0.1) is 0 Å². The summed E-state index contributed by atoms with van der Waals surface area (Å²) in [6.07, 6.45) is 2.32. The number of carbonyl (C=O) groups is 1. The van der Waals surface area contributed by atoms with Crippen molar-refractivity contribution in [2.75, 3.05) is 26.2 Å². The summed E-state index contributed by atoms with van der Waals surface area (Å²) in [5.41, 5.74) is 0.795. The minimum Gasteiger partial charge on any atom is -0.336 e. The van der Waals surface area contributed by atoms with Gasteiger partial charge in [-0.3, -0.25) is 9.69 Å². The zero-order chi connectivity index (χ0) is 12.8. The van der Waals surface area contributed by atoms with E-state index in [2.05, 4.69) is 18.4 Å². The van der Waals surface area contributed by atoms with Gasteiger partial charge in [0.1, 0.15) is 0 Å². The maximum atomic E-state index is 12.2. The molecule has 97 valence electrons. The Hall–Kier alpha value is -1.35. The molecular formula is C15H21N2O. The second-order valence-corrected chi connectivity index (χ2v) is 4.67. The monoisotopic (exact) mass is 245 g/mol. The van der Waals surface area contributed by atoms with E-state index in [-0.39, 0.29) is 5.91 Å². The van der Waals surface area contributed by atoms with Gasteiger partial charge >= 0.3 is 0 Å². The fourth-order valence-electron chi connectivity index (χ4n) is 2.18. The normalized spacial score (nSPS) is 16.8. The summed E-state index contributed by atoms with van der Waals surface area (Å²) in [6.45, 7) is 8.02. The summed E-state index contributed by atoms with van der Waals surface area (Å²) in [5.74, 6) is 0.158. The van der Waals surface area contributed by atoms with E-state index in [4.69, 9.17) is 0 Å². The predicted octanol–water partition coefficient (Wildman–Crippen LogP) is 2.41. The third-order valence-corrected chi connectivity index (χ3v) is 3.30. The van der Waals surface area contributed by atoms with E-state index in [0.717, 1.165) is 38.2 Å². The number of rotatable bonds is 4. The van der Waals surface area contributed by atoms with Crippen molar-refractivity contribution in [1.82, 2.24) is 9.80 Å². The minimum atomic E-state index is 0.158. The molecule has 1 amide bonds. The van der Waals surface area contributed by atoms with Gasteiger partial charge < -0.3 is 4.90 Å². The van der Waals surface area contributed by atoms with Crippen LogP contribution in [0.3, 0.4) is 0 Å². The summed E-state index contributed by atoms with van der Waals surface area (Å²) < 4.78 is 0. The highest BCUT2D eigenvalue weighted by molar-refractivity contribution is 5.94. The molecule has 3 nitrogen and oxygen atoms in total. The Morgan fingerprint density at radius 3 is 2.44 bits per heavy atom. The Morgan fingerprint density at radius 1 is 1.17 bits per heavy atom. The van der Waals surface area contributed by atoms with Crippen molar-refractivity contribution < 1.29 is 4.79 Å². The van der Waals surface area contributed by atoms with Crippen molar-refractivity contribution in [3.63, 3.8) is 0 Å². The molecule has 1 fully saturated rings. The Kier molecular flexibility index (Phi) is 4.76. The molecule has 0 saturated carbocycles. The fraction of sp³-hybridized carbons (Fsp3) is 0.467. The molecule has 1 saturated heterocycles. The number of unbranched alkanes of at least 4 members (excludes halogenated alkanes) is 1. The van der Waals surface area contributed by atoms with Gasteiger partial charge in [-0.15, -0.1) is 0 Å². The predicted molar refractivity (Wildman–Crippen MR) is 73.1 cm³/mol. The third kappa shape index (κ3) is 3.33. The van der Waals surface area contributed by atoms with Crippen LogP contribution in [0.2, 0.25) is 0 Å². The first-order chi connectivity index (χ1) is 8.81. The molecule has 0 spiro atoms. The summed E-state index contributed by atoms with van der Waals surface area (Å²) in [6, 6.07) is 9.54. The van der Waals surface area contributed by atoms with Gasteiger partial charge in [0.25, 0.3) is 5.91 Å². The number of carbonyl (C=O) groups excluding carboxylic acids is 1. The maximum Gasteiger partial charge on any atom is 0.253 e. The molecule has 1 aliphatic rings. The van der Waals surface area contributed by atoms with Crippen LogP contribution in [0.25, 0.3) is 0 Å². The lowest BCUT2D eigenvalue weighted by atomic mass is 10.2. The topological polar surface area (TPSA) is 23.6 Å². The van der Waals surface area contributed by atoms with Gasteiger partial charge in [-0.2, -0.15) is 0 Å². The molecule has 18 heavy (non-hydrogen) atoms. The largest absolute Gasteiger partial charge is 0.336 e. The molecule has 0 bridgehead atoms. The highest BCUT2D eigenvalue weighted by atomic mass is 16.2. The van der Waals surface area contributed by atoms with Crippen molar-refractivity contribution >= 4 is 5.91 Å². The Balaban J connectivity index is 1.84. The van der Waals surface area contributed by atoms with Crippen LogP contribution < -0.4 is 0 Å². The van der Waals surface area contributed by atoms with Crippen LogP contribution in [0.4, 0.5) is 0 Å². The number of hydrogen-bond donors (Lipinski definition) is 0. The number of amides is 1. The minimum absolute atomic E-state index is 0.158. The molecule has 0 aliphatic carbocycles. The molecule has 1 aromatic carbocycles. The van der Waals surface area contributed by atoms with E-state index in [1.165, 1.54) is 6.42 Å². The van der Waals surface area contributed by atoms with E-state index >= 15 is 0 Å². The maximum absolute atomic E-state index is 12.2. The smallest absolute Gasteiger partial charge is 0.253 e. The van der Waals surface area contributed by atoms with E-state index in [1.807, 2.05) is 35.2 Å². The summed E-state index contributed by atoms with van der Waals surface area (Å²) in [5, 5.41) is 0. The molecule has 1 aliphatic heterocycles. The SMILES string of the molecule is CCC[CH]N1CCN(C(=O)c2ccccc2)CC1. The van der Waals surface area contributed by atoms with E-state index in [9.17, 15) is 4.79 Å². The molecule has 1 radical (unpaired) electrons. The van der Waals surface area contributed by atoms with Gasteiger partial charge in [-0.25, -0.2) is 0 Å².